The van der Waals surface area contributed by atoms with Crippen LogP contribution in [0.2, 0.25) is 5.02 Å². The van der Waals surface area contributed by atoms with E-state index in [1.54, 1.807) is 24.4 Å². The van der Waals surface area contributed by atoms with Crippen LogP contribution in [0.25, 0.3) is 10.9 Å². The molecule has 0 bridgehead atoms. The first kappa shape index (κ1) is 18.3. The Balaban J connectivity index is 1.78. The maximum atomic E-state index is 12.3. The number of benzene rings is 2. The summed E-state index contributed by atoms with van der Waals surface area (Å²) in [6, 6.07) is 10.5. The second-order valence-electron chi connectivity index (χ2n) is 5.30. The van der Waals surface area contributed by atoms with Gasteiger partial charge in [-0.15, -0.1) is 0 Å². The van der Waals surface area contributed by atoms with Crippen LogP contribution in [0.4, 0.5) is 17.1 Å². The van der Waals surface area contributed by atoms with E-state index in [0.29, 0.717) is 21.6 Å². The molecule has 2 aromatic carbocycles. The molecule has 6 N–H and O–H groups in total. The molecule has 0 radical (unpaired) electrons. The molecule has 0 aliphatic carbocycles. The molecule has 1 heterocycles. The Bertz CT molecular complexity index is 1160. The van der Waals surface area contributed by atoms with E-state index < -0.39 is 20.4 Å². The summed E-state index contributed by atoms with van der Waals surface area (Å²) < 4.78 is 53.4. The fourth-order valence-electron chi connectivity index (χ4n) is 2.30. The van der Waals surface area contributed by atoms with E-state index in [0.717, 1.165) is 0 Å². The summed E-state index contributed by atoms with van der Waals surface area (Å²) in [5, 5.41) is 6.03. The van der Waals surface area contributed by atoms with Gasteiger partial charge in [0.1, 0.15) is 0 Å². The maximum absolute atomic E-state index is 12.3. The van der Waals surface area contributed by atoms with Gasteiger partial charge in [0.25, 0.3) is 10.2 Å². The summed E-state index contributed by atoms with van der Waals surface area (Å²) >= 11 is 6.02. The number of nitrogens with one attached hydrogen (secondary N) is 4. The molecule has 0 saturated heterocycles. The van der Waals surface area contributed by atoms with Gasteiger partial charge in [-0.3, -0.25) is 14.2 Å². The van der Waals surface area contributed by atoms with Crippen LogP contribution in [0.5, 0.6) is 0 Å². The Hall–Kier alpha value is -2.47. The first-order valence-electron chi connectivity index (χ1n) is 7.10. The largest absolute Gasteiger partial charge is 0.358 e. The number of halogens is 1. The molecule has 26 heavy (non-hydrogen) atoms. The van der Waals surface area contributed by atoms with Gasteiger partial charge in [0, 0.05) is 17.3 Å². The molecule has 1 aromatic heterocycles. The molecule has 138 valence electrons. The van der Waals surface area contributed by atoms with Crippen LogP contribution in [-0.2, 0) is 20.4 Å². The Labute approximate surface area is 154 Å². The van der Waals surface area contributed by atoms with Crippen LogP contribution in [0.1, 0.15) is 0 Å². The van der Waals surface area contributed by atoms with Crippen molar-refractivity contribution in [2.24, 2.45) is 5.14 Å². The van der Waals surface area contributed by atoms with Crippen molar-refractivity contribution in [3.8, 4) is 0 Å². The highest BCUT2D eigenvalue weighted by molar-refractivity contribution is 7.94. The molecular formula is C14H14ClN5O4S2. The molecule has 0 amide bonds. The van der Waals surface area contributed by atoms with E-state index in [9.17, 15) is 16.8 Å². The molecular weight excluding hydrogens is 402 g/mol. The quantitative estimate of drug-likeness (QED) is 0.420. The third kappa shape index (κ3) is 4.38. The minimum atomic E-state index is -3.94. The molecule has 0 spiro atoms. The van der Waals surface area contributed by atoms with E-state index in [1.165, 1.54) is 24.3 Å². The minimum absolute atomic E-state index is 0.203. The predicted molar refractivity (Wildman–Crippen MR) is 103 cm³/mol. The van der Waals surface area contributed by atoms with E-state index >= 15 is 0 Å². The third-order valence-electron chi connectivity index (χ3n) is 3.31. The fourth-order valence-corrected chi connectivity index (χ4v) is 3.93. The van der Waals surface area contributed by atoms with Crippen LogP contribution in [0, 0.1) is 0 Å². The molecule has 12 heteroatoms. The van der Waals surface area contributed by atoms with Crippen molar-refractivity contribution >= 4 is 60.0 Å². The van der Waals surface area contributed by atoms with E-state index in [1.807, 2.05) is 0 Å². The molecule has 0 unspecified atom stereocenters. The summed E-state index contributed by atoms with van der Waals surface area (Å²) in [6.45, 7) is 0. The number of para-hydroxylation sites is 1. The molecule has 3 aromatic rings. The second kappa shape index (κ2) is 6.68. The number of nitrogens with two attached hydrogens (primary N) is 1. The number of fused-ring (bicyclic) bond motifs is 1. The lowest BCUT2D eigenvalue weighted by Crippen LogP contribution is -2.22. The van der Waals surface area contributed by atoms with Gasteiger partial charge in [-0.2, -0.15) is 16.8 Å². The second-order valence-corrected chi connectivity index (χ2v) is 8.41. The molecule has 9 nitrogen and oxygen atoms in total. The van der Waals surface area contributed by atoms with Crippen molar-refractivity contribution in [1.82, 2.24) is 4.98 Å². The molecule has 3 rings (SSSR count). The zero-order valence-corrected chi connectivity index (χ0v) is 15.4. The topological polar surface area (TPSA) is 146 Å². The Morgan fingerprint density at radius 1 is 0.885 bits per heavy atom. The lowest BCUT2D eigenvalue weighted by Gasteiger charge is -2.12. The molecule has 0 aliphatic rings. The molecule has 0 saturated carbocycles. The summed E-state index contributed by atoms with van der Waals surface area (Å²) in [4.78, 5) is 2.91. The van der Waals surface area contributed by atoms with Gasteiger partial charge < -0.3 is 4.98 Å². The number of hydrogen-bond acceptors (Lipinski definition) is 4. The SMILES string of the molecule is NS(=O)(=O)Nc1ccc(NS(=O)(=O)Nc2cccc3c(Cl)c[nH]c23)cc1. The van der Waals surface area contributed by atoms with Gasteiger partial charge >= 0.3 is 10.2 Å². The van der Waals surface area contributed by atoms with Crippen molar-refractivity contribution in [3.05, 3.63) is 53.7 Å². The molecule has 0 aliphatic heterocycles. The summed E-state index contributed by atoms with van der Waals surface area (Å²) in [6.07, 6.45) is 1.56. The monoisotopic (exact) mass is 415 g/mol. The van der Waals surface area contributed by atoms with Crippen LogP contribution >= 0.6 is 11.6 Å². The number of anilines is 3. The van der Waals surface area contributed by atoms with Crippen molar-refractivity contribution < 1.29 is 16.8 Å². The Morgan fingerprint density at radius 2 is 1.50 bits per heavy atom. The molecule has 0 atom stereocenters. The highest BCUT2D eigenvalue weighted by Crippen LogP contribution is 2.29. The van der Waals surface area contributed by atoms with Crippen molar-refractivity contribution in [2.75, 3.05) is 14.2 Å². The number of rotatable bonds is 6. The fraction of sp³-hybridized carbons (Fsp3) is 0. The average molecular weight is 416 g/mol. The highest BCUT2D eigenvalue weighted by atomic mass is 35.5. The van der Waals surface area contributed by atoms with Gasteiger partial charge in [0.15, 0.2) is 0 Å². The predicted octanol–water partition coefficient (Wildman–Crippen LogP) is 2.21. The van der Waals surface area contributed by atoms with Crippen LogP contribution in [0.3, 0.4) is 0 Å². The van der Waals surface area contributed by atoms with E-state index in [-0.39, 0.29) is 11.4 Å². The van der Waals surface area contributed by atoms with Gasteiger partial charge in [0.05, 0.1) is 21.9 Å². The zero-order chi connectivity index (χ0) is 18.9. The molecule has 0 fully saturated rings. The number of hydrogen-bond donors (Lipinski definition) is 5. The van der Waals surface area contributed by atoms with Crippen LogP contribution in [0.15, 0.2) is 48.7 Å². The van der Waals surface area contributed by atoms with Crippen molar-refractivity contribution in [2.45, 2.75) is 0 Å². The van der Waals surface area contributed by atoms with Crippen molar-refractivity contribution in [3.63, 3.8) is 0 Å². The van der Waals surface area contributed by atoms with Crippen LogP contribution < -0.4 is 19.3 Å². The lowest BCUT2D eigenvalue weighted by molar-refractivity contribution is 0.602. The summed E-state index contributed by atoms with van der Waals surface area (Å²) in [5.74, 6) is 0. The van der Waals surface area contributed by atoms with Crippen molar-refractivity contribution in [1.29, 1.82) is 0 Å². The standard InChI is InChI=1S/C14H14ClN5O4S2/c15-12-8-17-14-11(12)2-1-3-13(14)20-26(23,24)19-10-6-4-9(5-7-10)18-25(16,21)22/h1-8,17-20H,(H2,16,21,22). The van der Waals surface area contributed by atoms with Gasteiger partial charge in [0.2, 0.25) is 0 Å². The highest BCUT2D eigenvalue weighted by Gasteiger charge is 2.14. The van der Waals surface area contributed by atoms with Crippen LogP contribution in [-0.4, -0.2) is 21.8 Å². The van der Waals surface area contributed by atoms with Gasteiger partial charge in [-0.1, -0.05) is 23.7 Å². The average Bonchev–Trinajstić information content (AvgIpc) is 2.90. The number of aromatic amines is 1. The summed E-state index contributed by atoms with van der Waals surface area (Å²) in [7, 11) is -7.84. The number of H-pyrrole nitrogens is 1. The zero-order valence-electron chi connectivity index (χ0n) is 13.0. The normalized spacial score (nSPS) is 12.1. The van der Waals surface area contributed by atoms with E-state index in [2.05, 4.69) is 19.2 Å². The smallest absolute Gasteiger partial charge is 0.321 e. The Kier molecular flexibility index (Phi) is 4.71. The lowest BCUT2D eigenvalue weighted by atomic mass is 10.2. The third-order valence-corrected chi connectivity index (χ3v) is 5.13. The number of aromatic nitrogens is 1. The maximum Gasteiger partial charge on any atom is 0.321 e. The van der Waals surface area contributed by atoms with E-state index in [4.69, 9.17) is 16.7 Å². The summed E-state index contributed by atoms with van der Waals surface area (Å²) in [5.41, 5.74) is 1.31. The van der Waals surface area contributed by atoms with Gasteiger partial charge in [-0.25, -0.2) is 5.14 Å². The minimum Gasteiger partial charge on any atom is -0.358 e. The first-order valence-corrected chi connectivity index (χ1v) is 10.5. The Morgan fingerprint density at radius 3 is 2.12 bits per heavy atom. The van der Waals surface area contributed by atoms with Gasteiger partial charge in [-0.05, 0) is 30.3 Å². The first-order chi connectivity index (χ1) is 12.1.